The van der Waals surface area contributed by atoms with Crippen molar-refractivity contribution in [2.24, 2.45) is 5.92 Å². The van der Waals surface area contributed by atoms with Crippen LogP contribution in [0.5, 0.6) is 17.2 Å². The molecule has 2 saturated carbocycles. The number of rotatable bonds is 8. The van der Waals surface area contributed by atoms with Gasteiger partial charge in [0, 0.05) is 58.3 Å². The van der Waals surface area contributed by atoms with Crippen LogP contribution < -0.4 is 9.47 Å². The Hall–Kier alpha value is -4.15. The third-order valence-corrected chi connectivity index (χ3v) is 12.4. The van der Waals surface area contributed by atoms with E-state index < -0.39 is 0 Å². The molecular weight excluding hydrogens is 848 g/mol. The summed E-state index contributed by atoms with van der Waals surface area (Å²) in [6, 6.07) is 30.0. The van der Waals surface area contributed by atoms with Gasteiger partial charge >= 0.3 is 21.1 Å². The van der Waals surface area contributed by atoms with E-state index in [2.05, 4.69) is 83.8 Å². The average molecular weight is 898 g/mol. The van der Waals surface area contributed by atoms with Gasteiger partial charge in [-0.15, -0.1) is 35.7 Å². The van der Waals surface area contributed by atoms with Gasteiger partial charge in [0.2, 0.25) is 0 Å². The molecule has 0 bridgehead atoms. The number of aromatic nitrogens is 4. The molecule has 6 nitrogen and oxygen atoms in total. The number of benzene rings is 3. The van der Waals surface area contributed by atoms with Crippen LogP contribution in [-0.4, -0.2) is 26.4 Å². The van der Waals surface area contributed by atoms with Gasteiger partial charge in [-0.25, -0.2) is 4.98 Å². The van der Waals surface area contributed by atoms with Gasteiger partial charge in [0.15, 0.2) is 0 Å². The van der Waals surface area contributed by atoms with E-state index in [0.29, 0.717) is 35.2 Å². The fourth-order valence-electron chi connectivity index (χ4n) is 9.80. The topological polar surface area (TPSA) is 54.1 Å². The van der Waals surface area contributed by atoms with Crippen molar-refractivity contribution in [3.63, 3.8) is 0 Å². The second-order valence-corrected chi connectivity index (χ2v) is 15.7. The number of hydrogen-bond donors (Lipinski definition) is 0. The minimum absolute atomic E-state index is 0. The Morgan fingerprint density at radius 3 is 2.31 bits per heavy atom. The number of nitrogens with zero attached hydrogens (tertiary/aromatic N) is 4. The van der Waals surface area contributed by atoms with E-state index in [1.165, 1.54) is 94.0 Å². The van der Waals surface area contributed by atoms with Gasteiger partial charge in [-0.3, -0.25) is 4.68 Å². The SMILES string of the molecule is COc1ccnc(-n2c3[c-]c(Oc4[c-]c(-n5nc(C6CCCCC6)c(C6C(C)=CCC[C@@H]6C)c5C5CCCCC5)ccc4)ccc3c3ccccc32)c1.[Pt+2]. The summed E-state index contributed by atoms with van der Waals surface area (Å²) >= 11 is 0. The Kier molecular flexibility index (Phi) is 10.8. The predicted molar refractivity (Wildman–Crippen MR) is 213 cm³/mol. The molecule has 6 aromatic rings. The standard InChI is InChI=1S/C47H50N4O2.Pt/c1-31-14-12-15-32(2)44(31)45-46(33-16-6-4-7-17-33)49-51(47(45)34-18-8-5-9-19-34)35-20-13-21-37(28-35)53-38-24-25-40-39-22-10-11-23-41(39)50(42(40)29-38)43-30-36(52-3)26-27-48-43;/h10-11,13-14,20-27,30,32-34,44H,4-9,12,15-19H2,1-3H3;/q-2;+2/t32-,44?;/m0./s1. The molecule has 0 aliphatic heterocycles. The smallest absolute Gasteiger partial charge is 0.509 e. The van der Waals surface area contributed by atoms with E-state index in [1.807, 2.05) is 24.3 Å². The van der Waals surface area contributed by atoms with Crippen LogP contribution in [-0.2, 0) is 21.1 Å². The second-order valence-electron chi connectivity index (χ2n) is 15.7. The third kappa shape index (κ3) is 6.85. The molecule has 2 fully saturated rings. The molecule has 3 aliphatic carbocycles. The Labute approximate surface area is 334 Å². The molecule has 7 heteroatoms. The first kappa shape index (κ1) is 36.8. The number of pyridine rings is 1. The van der Waals surface area contributed by atoms with Gasteiger partial charge in [-0.05, 0) is 74.6 Å². The number of para-hydroxylation sites is 1. The van der Waals surface area contributed by atoms with Crippen molar-refractivity contribution in [3.8, 4) is 28.8 Å². The molecule has 9 rings (SSSR count). The van der Waals surface area contributed by atoms with Crippen LogP contribution in [0.1, 0.15) is 126 Å². The van der Waals surface area contributed by atoms with Gasteiger partial charge in [0.25, 0.3) is 0 Å². The normalized spacial score (nSPS) is 19.8. The molecule has 0 amide bonds. The van der Waals surface area contributed by atoms with Gasteiger partial charge in [0.1, 0.15) is 11.6 Å². The largest absolute Gasteiger partial charge is 2.00 e. The van der Waals surface area contributed by atoms with Crippen LogP contribution >= 0.6 is 0 Å². The molecule has 3 aliphatic rings. The molecule has 3 heterocycles. The maximum atomic E-state index is 6.65. The fourth-order valence-corrected chi connectivity index (χ4v) is 9.80. The number of hydrogen-bond acceptors (Lipinski definition) is 4. The first-order valence-corrected chi connectivity index (χ1v) is 20.0. The molecule has 280 valence electrons. The second kappa shape index (κ2) is 15.9. The quantitative estimate of drug-likeness (QED) is 0.113. The van der Waals surface area contributed by atoms with Crippen molar-refractivity contribution >= 4 is 21.8 Å². The summed E-state index contributed by atoms with van der Waals surface area (Å²) in [4.78, 5) is 4.72. The molecule has 0 N–H and O–H groups in total. The van der Waals surface area contributed by atoms with Gasteiger partial charge < -0.3 is 14.0 Å². The van der Waals surface area contributed by atoms with Crippen molar-refractivity contribution in [1.82, 2.24) is 19.3 Å². The summed E-state index contributed by atoms with van der Waals surface area (Å²) in [5.41, 5.74) is 8.84. The molecule has 0 spiro atoms. The van der Waals surface area contributed by atoms with Crippen LogP contribution in [0.15, 0.2) is 84.6 Å². The average Bonchev–Trinajstić information content (AvgIpc) is 3.75. The Morgan fingerprint density at radius 1 is 0.778 bits per heavy atom. The zero-order valence-corrected chi connectivity index (χ0v) is 34.0. The van der Waals surface area contributed by atoms with E-state index in [1.54, 1.807) is 18.9 Å². The zero-order chi connectivity index (χ0) is 35.9. The summed E-state index contributed by atoms with van der Waals surface area (Å²) in [5, 5.41) is 7.90. The van der Waals surface area contributed by atoms with Crippen LogP contribution in [0.4, 0.5) is 0 Å². The van der Waals surface area contributed by atoms with E-state index in [0.717, 1.165) is 39.1 Å². The Balaban J connectivity index is 0.00000413. The van der Waals surface area contributed by atoms with Gasteiger partial charge in [-0.2, -0.15) is 17.2 Å². The van der Waals surface area contributed by atoms with Crippen molar-refractivity contribution < 1.29 is 30.5 Å². The molecule has 54 heavy (non-hydrogen) atoms. The van der Waals surface area contributed by atoms with Gasteiger partial charge in [0.05, 0.1) is 12.8 Å². The number of ether oxygens (including phenoxy) is 2. The third-order valence-electron chi connectivity index (χ3n) is 12.4. The fraction of sp³-hybridized carbons (Fsp3) is 0.404. The summed E-state index contributed by atoms with van der Waals surface area (Å²) in [7, 11) is 1.68. The van der Waals surface area contributed by atoms with E-state index in [9.17, 15) is 0 Å². The van der Waals surface area contributed by atoms with Crippen LogP contribution in [0, 0.1) is 18.1 Å². The first-order chi connectivity index (χ1) is 26.1. The molecular formula is C47H50N4O2Pt. The van der Waals surface area contributed by atoms with Gasteiger partial charge in [-0.1, -0.05) is 80.8 Å². The van der Waals surface area contributed by atoms with E-state index >= 15 is 0 Å². The van der Waals surface area contributed by atoms with Crippen molar-refractivity contribution in [1.29, 1.82) is 0 Å². The Bertz CT molecular complexity index is 2290. The predicted octanol–water partition coefficient (Wildman–Crippen LogP) is 12.3. The molecule has 1 unspecified atom stereocenters. The van der Waals surface area contributed by atoms with E-state index in [4.69, 9.17) is 19.6 Å². The summed E-state index contributed by atoms with van der Waals surface area (Å²) in [6.07, 6.45) is 19.5. The molecule has 3 aromatic carbocycles. The van der Waals surface area contributed by atoms with Crippen LogP contribution in [0.2, 0.25) is 0 Å². The van der Waals surface area contributed by atoms with Crippen molar-refractivity contribution in [3.05, 3.63) is 114 Å². The van der Waals surface area contributed by atoms with E-state index in [-0.39, 0.29) is 21.1 Å². The number of allylic oxidation sites excluding steroid dienone is 2. The zero-order valence-electron chi connectivity index (χ0n) is 31.7. The summed E-state index contributed by atoms with van der Waals surface area (Å²) in [6.45, 7) is 4.86. The molecule has 3 aromatic heterocycles. The molecule has 0 radical (unpaired) electrons. The number of methoxy groups -OCH3 is 1. The maximum absolute atomic E-state index is 6.65. The minimum Gasteiger partial charge on any atom is -0.509 e. The number of fused-ring (bicyclic) bond motifs is 3. The maximum Gasteiger partial charge on any atom is 2.00 e. The van der Waals surface area contributed by atoms with Crippen molar-refractivity contribution in [2.75, 3.05) is 7.11 Å². The summed E-state index contributed by atoms with van der Waals surface area (Å²) < 4.78 is 16.7. The van der Waals surface area contributed by atoms with Crippen LogP contribution in [0.3, 0.4) is 0 Å². The van der Waals surface area contributed by atoms with Crippen LogP contribution in [0.25, 0.3) is 33.3 Å². The minimum atomic E-state index is 0. The monoisotopic (exact) mass is 897 g/mol. The summed E-state index contributed by atoms with van der Waals surface area (Å²) in [5.74, 6) is 4.88. The van der Waals surface area contributed by atoms with Crippen molar-refractivity contribution in [2.45, 2.75) is 109 Å². The first-order valence-electron chi connectivity index (χ1n) is 20.0. The molecule has 0 saturated heterocycles. The molecule has 2 atom stereocenters. The Morgan fingerprint density at radius 2 is 1.54 bits per heavy atom.